The Bertz CT molecular complexity index is 1840. The number of rotatable bonds is 75. The van der Waals surface area contributed by atoms with E-state index in [0.29, 0.717) is 25.7 Å². The van der Waals surface area contributed by atoms with Crippen LogP contribution in [0.3, 0.4) is 0 Å². The van der Waals surface area contributed by atoms with Gasteiger partial charge in [0.05, 0.1) is 26.4 Å². The van der Waals surface area contributed by atoms with E-state index >= 15 is 0 Å². The van der Waals surface area contributed by atoms with Crippen LogP contribution in [0.25, 0.3) is 0 Å². The molecule has 0 aliphatic carbocycles. The topological polar surface area (TPSA) is 237 Å². The van der Waals surface area contributed by atoms with Gasteiger partial charge < -0.3 is 33.8 Å². The second kappa shape index (κ2) is 67.9. The summed E-state index contributed by atoms with van der Waals surface area (Å²) in [5.74, 6) is -0.568. The second-order valence-corrected chi connectivity index (χ2v) is 30.8. The number of esters is 4. The maximum absolute atomic E-state index is 13.1. The first kappa shape index (κ1) is 93.1. The highest BCUT2D eigenvalue weighted by Crippen LogP contribution is 2.45. The number of carbonyl (C=O) groups excluding carboxylic acids is 4. The van der Waals surface area contributed by atoms with Crippen LogP contribution in [0, 0.1) is 11.8 Å². The second-order valence-electron chi connectivity index (χ2n) is 27.9. The van der Waals surface area contributed by atoms with Crippen LogP contribution >= 0.6 is 15.6 Å². The van der Waals surface area contributed by atoms with E-state index in [1.165, 1.54) is 212 Å². The van der Waals surface area contributed by atoms with Gasteiger partial charge in [0.25, 0.3) is 0 Å². The average molecular weight is 1400 g/mol. The van der Waals surface area contributed by atoms with Crippen LogP contribution in [0.2, 0.25) is 0 Å². The van der Waals surface area contributed by atoms with Crippen LogP contribution in [0.4, 0.5) is 0 Å². The van der Waals surface area contributed by atoms with Crippen molar-refractivity contribution in [2.75, 3.05) is 39.6 Å². The summed E-state index contributed by atoms with van der Waals surface area (Å²) in [6, 6.07) is 0. The zero-order valence-corrected chi connectivity index (χ0v) is 63.8. The van der Waals surface area contributed by atoms with Gasteiger partial charge in [0, 0.05) is 25.7 Å². The first-order valence-corrected chi connectivity index (χ1v) is 42.6. The van der Waals surface area contributed by atoms with Crippen molar-refractivity contribution in [3.8, 4) is 0 Å². The van der Waals surface area contributed by atoms with Gasteiger partial charge in [-0.05, 0) is 37.5 Å². The lowest BCUT2D eigenvalue weighted by Crippen LogP contribution is -2.30. The van der Waals surface area contributed by atoms with Gasteiger partial charge in [-0.15, -0.1) is 0 Å². The summed E-state index contributed by atoms with van der Waals surface area (Å²) in [4.78, 5) is 72.9. The van der Waals surface area contributed by atoms with E-state index in [9.17, 15) is 43.2 Å². The Labute approximate surface area is 581 Å². The molecule has 3 N–H and O–H groups in total. The maximum Gasteiger partial charge on any atom is 0.472 e. The third-order valence-corrected chi connectivity index (χ3v) is 20.3. The van der Waals surface area contributed by atoms with Gasteiger partial charge in [0.1, 0.15) is 19.3 Å². The lowest BCUT2D eigenvalue weighted by atomic mass is 9.99. The fourth-order valence-corrected chi connectivity index (χ4v) is 13.2. The average Bonchev–Trinajstić information content (AvgIpc) is 1.90. The number of aliphatic hydroxyl groups is 1. The Morgan fingerprint density at radius 1 is 0.295 bits per heavy atom. The minimum absolute atomic E-state index is 0.105. The number of phosphoric acid groups is 2. The fourth-order valence-electron chi connectivity index (χ4n) is 11.6. The highest BCUT2D eigenvalue weighted by Gasteiger charge is 2.30. The molecule has 19 heteroatoms. The van der Waals surface area contributed by atoms with Crippen molar-refractivity contribution < 1.29 is 80.2 Å². The molecule has 7 atom stereocenters. The van der Waals surface area contributed by atoms with E-state index in [-0.39, 0.29) is 25.7 Å². The molecule has 0 aromatic heterocycles. The zero-order chi connectivity index (χ0) is 70.0. The van der Waals surface area contributed by atoms with Crippen LogP contribution in [0.1, 0.15) is 395 Å². The monoisotopic (exact) mass is 1400 g/mol. The van der Waals surface area contributed by atoms with Crippen molar-refractivity contribution in [1.82, 2.24) is 0 Å². The highest BCUT2D eigenvalue weighted by atomic mass is 31.2. The van der Waals surface area contributed by atoms with Crippen LogP contribution in [0.5, 0.6) is 0 Å². The number of hydrogen-bond acceptors (Lipinski definition) is 15. The molecular formula is C76H148O17P2. The van der Waals surface area contributed by atoms with E-state index in [0.717, 1.165) is 102 Å². The maximum atomic E-state index is 13.1. The number of phosphoric ester groups is 2. The Morgan fingerprint density at radius 3 is 0.747 bits per heavy atom. The lowest BCUT2D eigenvalue weighted by molar-refractivity contribution is -0.161. The molecule has 0 heterocycles. The van der Waals surface area contributed by atoms with E-state index in [1.54, 1.807) is 0 Å². The quantitative estimate of drug-likeness (QED) is 0.0222. The molecule has 0 spiro atoms. The molecule has 0 aromatic rings. The largest absolute Gasteiger partial charge is 0.472 e. The first-order valence-electron chi connectivity index (χ1n) is 39.6. The van der Waals surface area contributed by atoms with Crippen molar-refractivity contribution in [2.45, 2.75) is 413 Å². The summed E-state index contributed by atoms with van der Waals surface area (Å²) in [5, 5.41) is 10.6. The molecule has 0 radical (unpaired) electrons. The van der Waals surface area contributed by atoms with E-state index in [1.807, 2.05) is 0 Å². The summed E-state index contributed by atoms with van der Waals surface area (Å²) in [7, 11) is -9.91. The molecule has 17 nitrogen and oxygen atoms in total. The van der Waals surface area contributed by atoms with Crippen molar-refractivity contribution in [3.05, 3.63) is 0 Å². The van der Waals surface area contributed by atoms with Crippen LogP contribution < -0.4 is 0 Å². The van der Waals surface area contributed by atoms with Gasteiger partial charge in [-0.1, -0.05) is 343 Å². The molecule has 0 aliphatic rings. The van der Waals surface area contributed by atoms with E-state index < -0.39 is 97.5 Å². The molecule has 0 saturated carbocycles. The Kier molecular flexibility index (Phi) is 66.5. The molecule has 95 heavy (non-hydrogen) atoms. The molecule has 0 aliphatic heterocycles. The Hall–Kier alpha value is -1.94. The first-order chi connectivity index (χ1) is 45.9. The Balaban J connectivity index is 5.27. The van der Waals surface area contributed by atoms with Crippen molar-refractivity contribution >= 4 is 39.5 Å². The molecule has 4 unspecified atom stereocenters. The molecule has 564 valence electrons. The van der Waals surface area contributed by atoms with Gasteiger partial charge in [0.15, 0.2) is 12.2 Å². The van der Waals surface area contributed by atoms with Crippen molar-refractivity contribution in [3.63, 3.8) is 0 Å². The number of unbranched alkanes of at least 4 members (excludes halogenated alkanes) is 43. The highest BCUT2D eigenvalue weighted by molar-refractivity contribution is 7.47. The summed E-state index contributed by atoms with van der Waals surface area (Å²) < 4.78 is 68.6. The number of ether oxygens (including phenoxy) is 4. The van der Waals surface area contributed by atoms with Crippen LogP contribution in [-0.4, -0.2) is 96.7 Å². The SMILES string of the molecule is CCCCCCCCCCCCCCCCCCC(=O)O[C@H](COC(=O)CCCCCCCCCCCCCCCCC)COP(=O)(O)OC[C@@H](O)COP(=O)(O)OC[C@@H](COC(=O)CCCCCCCCCCC(C)CC)OC(=O)CCCCCCCCCCC(C)CC. The van der Waals surface area contributed by atoms with Gasteiger partial charge in [-0.3, -0.25) is 37.3 Å². The van der Waals surface area contributed by atoms with Gasteiger partial charge in [0.2, 0.25) is 0 Å². The molecule has 0 saturated heterocycles. The molecule has 0 rings (SSSR count). The van der Waals surface area contributed by atoms with Crippen LogP contribution in [-0.2, 0) is 65.4 Å². The van der Waals surface area contributed by atoms with Crippen molar-refractivity contribution in [2.24, 2.45) is 11.8 Å². The van der Waals surface area contributed by atoms with Gasteiger partial charge >= 0.3 is 39.5 Å². The summed E-state index contributed by atoms with van der Waals surface area (Å²) in [6.07, 6.45) is 55.3. The number of carbonyl (C=O) groups is 4. The van der Waals surface area contributed by atoms with Gasteiger partial charge in [-0.25, -0.2) is 9.13 Å². The summed E-state index contributed by atoms with van der Waals surface area (Å²) in [5.41, 5.74) is 0. The van der Waals surface area contributed by atoms with Crippen LogP contribution in [0.15, 0.2) is 0 Å². The van der Waals surface area contributed by atoms with Gasteiger partial charge in [-0.2, -0.15) is 0 Å². The standard InChI is InChI=1S/C76H148O17P2/c1-7-11-13-15-17-19-21-23-25-27-29-31-33-42-48-54-60-75(80)92-71(64-86-73(78)58-52-46-40-32-30-28-26-24-22-20-18-16-14-12-8-2)66-90-94(82,83)88-62-70(77)63-89-95(84,85)91-67-72(93-76(81)61-55-49-43-37-35-39-45-51-57-69(6)10-4)65-87-74(79)59-53-47-41-36-34-38-44-50-56-68(5)9-3/h68-72,77H,7-67H2,1-6H3,(H,82,83)(H,84,85)/t68?,69?,70-,71-,72-/m1/s1. The normalized spacial score (nSPS) is 14.6. The fraction of sp³-hybridized carbons (Fsp3) is 0.947. The number of aliphatic hydroxyl groups excluding tert-OH is 1. The third-order valence-electron chi connectivity index (χ3n) is 18.4. The summed E-state index contributed by atoms with van der Waals surface area (Å²) in [6.45, 7) is 9.60. The van der Waals surface area contributed by atoms with E-state index in [2.05, 4.69) is 41.5 Å². The number of hydrogen-bond donors (Lipinski definition) is 3. The Morgan fingerprint density at radius 2 is 0.505 bits per heavy atom. The minimum atomic E-state index is -4.96. The predicted molar refractivity (Wildman–Crippen MR) is 386 cm³/mol. The third kappa shape index (κ3) is 67.6. The molecule has 0 aromatic carbocycles. The smallest absolute Gasteiger partial charge is 0.462 e. The molecule has 0 amide bonds. The minimum Gasteiger partial charge on any atom is -0.462 e. The predicted octanol–water partition coefficient (Wildman–Crippen LogP) is 22.3. The molecule has 0 bridgehead atoms. The van der Waals surface area contributed by atoms with E-state index in [4.69, 9.17) is 37.0 Å². The zero-order valence-electron chi connectivity index (χ0n) is 62.0. The molecular weight excluding hydrogens is 1250 g/mol. The summed E-state index contributed by atoms with van der Waals surface area (Å²) >= 11 is 0. The lowest BCUT2D eigenvalue weighted by Gasteiger charge is -2.21. The molecule has 0 fully saturated rings. The van der Waals surface area contributed by atoms with Crippen molar-refractivity contribution in [1.29, 1.82) is 0 Å².